The van der Waals surface area contributed by atoms with Gasteiger partial charge >= 0.3 is 0 Å². The van der Waals surface area contributed by atoms with Crippen LogP contribution in [0, 0.1) is 0 Å². The van der Waals surface area contributed by atoms with E-state index in [2.05, 4.69) is 15.5 Å². The number of benzene rings is 1. The topological polar surface area (TPSA) is 59.8 Å². The fourth-order valence-electron chi connectivity index (χ4n) is 1.44. The number of nitrogens with one attached hydrogen (secondary N) is 1. The van der Waals surface area contributed by atoms with Crippen molar-refractivity contribution < 1.29 is 4.79 Å². The molecule has 20 heavy (non-hydrogen) atoms. The van der Waals surface area contributed by atoms with Crippen LogP contribution in [-0.2, 0) is 18.4 Å². The number of halogens is 2. The Balaban J connectivity index is 1.82. The van der Waals surface area contributed by atoms with Crippen molar-refractivity contribution in [3.05, 3.63) is 40.1 Å². The first kappa shape index (κ1) is 15.2. The van der Waals surface area contributed by atoms with Crippen LogP contribution in [0.15, 0.2) is 29.7 Å². The van der Waals surface area contributed by atoms with Crippen LogP contribution in [-0.4, -0.2) is 26.4 Å². The predicted molar refractivity (Wildman–Crippen MR) is 80.0 cm³/mol. The maximum absolute atomic E-state index is 11.7. The number of thioether (sulfide) groups is 1. The lowest BCUT2D eigenvalue weighted by Crippen LogP contribution is -2.24. The van der Waals surface area contributed by atoms with Crippen molar-refractivity contribution in [1.82, 2.24) is 20.1 Å². The number of aryl methyl sites for hydroxylation is 1. The Bertz CT molecular complexity index is 617. The van der Waals surface area contributed by atoms with E-state index in [0.29, 0.717) is 21.7 Å². The second-order valence-electron chi connectivity index (χ2n) is 4.03. The average molecular weight is 331 g/mol. The fourth-order valence-corrected chi connectivity index (χ4v) is 2.64. The lowest BCUT2D eigenvalue weighted by atomic mass is 10.2. The second-order valence-corrected chi connectivity index (χ2v) is 5.81. The van der Waals surface area contributed by atoms with E-state index in [4.69, 9.17) is 23.2 Å². The summed E-state index contributed by atoms with van der Waals surface area (Å²) in [6.45, 7) is 0.369. The maximum Gasteiger partial charge on any atom is 0.230 e. The normalized spacial score (nSPS) is 10.6. The third-order valence-corrected chi connectivity index (χ3v) is 4.11. The highest BCUT2D eigenvalue weighted by Crippen LogP contribution is 2.20. The Labute approximate surface area is 130 Å². The molecule has 0 aliphatic heterocycles. The zero-order chi connectivity index (χ0) is 14.5. The Morgan fingerprint density at radius 3 is 2.90 bits per heavy atom. The summed E-state index contributed by atoms with van der Waals surface area (Å²) in [5.74, 6) is 0.182. The van der Waals surface area contributed by atoms with Gasteiger partial charge in [0.25, 0.3) is 0 Å². The first-order chi connectivity index (χ1) is 9.56. The summed E-state index contributed by atoms with van der Waals surface area (Å²) in [4.78, 5) is 11.7. The van der Waals surface area contributed by atoms with Crippen molar-refractivity contribution >= 4 is 40.9 Å². The highest BCUT2D eigenvalue weighted by atomic mass is 35.5. The minimum absolute atomic E-state index is 0.0935. The molecule has 5 nitrogen and oxygen atoms in total. The molecule has 2 aromatic rings. The van der Waals surface area contributed by atoms with Gasteiger partial charge in [-0.05, 0) is 17.7 Å². The molecular weight excluding hydrogens is 319 g/mol. The molecule has 0 unspecified atom stereocenters. The van der Waals surface area contributed by atoms with Gasteiger partial charge in [-0.15, -0.1) is 10.2 Å². The number of amides is 1. The molecule has 1 aromatic carbocycles. The lowest BCUT2D eigenvalue weighted by Gasteiger charge is -2.07. The van der Waals surface area contributed by atoms with Crippen LogP contribution in [0.2, 0.25) is 10.0 Å². The molecule has 1 heterocycles. The van der Waals surface area contributed by atoms with Gasteiger partial charge in [-0.3, -0.25) is 4.79 Å². The molecule has 1 amide bonds. The summed E-state index contributed by atoms with van der Waals surface area (Å²) in [6.07, 6.45) is 1.59. The molecule has 1 aromatic heterocycles. The zero-order valence-corrected chi connectivity index (χ0v) is 13.0. The Morgan fingerprint density at radius 2 is 2.25 bits per heavy atom. The van der Waals surface area contributed by atoms with E-state index >= 15 is 0 Å². The molecule has 1 N–H and O–H groups in total. The van der Waals surface area contributed by atoms with Crippen LogP contribution >= 0.6 is 35.0 Å². The highest BCUT2D eigenvalue weighted by Gasteiger charge is 2.08. The van der Waals surface area contributed by atoms with E-state index in [-0.39, 0.29) is 11.7 Å². The highest BCUT2D eigenvalue weighted by molar-refractivity contribution is 7.99. The maximum atomic E-state index is 11.7. The van der Waals surface area contributed by atoms with Gasteiger partial charge in [0.15, 0.2) is 5.16 Å². The molecule has 0 atom stereocenters. The van der Waals surface area contributed by atoms with Gasteiger partial charge in [-0.1, -0.05) is 41.0 Å². The first-order valence-corrected chi connectivity index (χ1v) is 7.48. The molecule has 0 saturated carbocycles. The van der Waals surface area contributed by atoms with Crippen LogP contribution in [0.4, 0.5) is 0 Å². The fraction of sp³-hybridized carbons (Fsp3) is 0.250. The number of hydrogen-bond donors (Lipinski definition) is 1. The van der Waals surface area contributed by atoms with E-state index < -0.39 is 0 Å². The average Bonchev–Trinajstić information content (AvgIpc) is 2.81. The molecule has 2 rings (SSSR count). The number of aromatic nitrogens is 3. The molecule has 0 bridgehead atoms. The molecule has 0 aliphatic carbocycles. The minimum Gasteiger partial charge on any atom is -0.351 e. The summed E-state index contributed by atoms with van der Waals surface area (Å²) >= 11 is 13.2. The summed E-state index contributed by atoms with van der Waals surface area (Å²) in [5.41, 5.74) is 0.827. The number of hydrogen-bond acceptors (Lipinski definition) is 4. The van der Waals surface area contributed by atoms with Crippen molar-refractivity contribution in [2.75, 3.05) is 5.75 Å². The van der Waals surface area contributed by atoms with Gasteiger partial charge in [-0.25, -0.2) is 0 Å². The van der Waals surface area contributed by atoms with Crippen molar-refractivity contribution in [3.63, 3.8) is 0 Å². The van der Waals surface area contributed by atoms with Crippen molar-refractivity contribution in [3.8, 4) is 0 Å². The zero-order valence-electron chi connectivity index (χ0n) is 10.6. The summed E-state index contributed by atoms with van der Waals surface area (Å²) in [7, 11) is 1.83. The van der Waals surface area contributed by atoms with Gasteiger partial charge in [0.1, 0.15) is 6.33 Å². The molecule has 106 valence electrons. The predicted octanol–water partition coefficient (Wildman–Crippen LogP) is 2.53. The van der Waals surface area contributed by atoms with Crippen LogP contribution in [0.3, 0.4) is 0 Å². The summed E-state index contributed by atoms with van der Waals surface area (Å²) < 4.78 is 1.76. The molecule has 0 fully saturated rings. The SMILES string of the molecule is Cn1cnnc1SCC(=O)NCc1ccc(Cl)cc1Cl. The third-order valence-electron chi connectivity index (χ3n) is 2.49. The van der Waals surface area contributed by atoms with E-state index in [1.807, 2.05) is 7.05 Å². The second kappa shape index (κ2) is 6.97. The minimum atomic E-state index is -0.0935. The van der Waals surface area contributed by atoms with Crippen molar-refractivity contribution in [2.45, 2.75) is 11.7 Å². The Morgan fingerprint density at radius 1 is 1.45 bits per heavy atom. The Kier molecular flexibility index (Phi) is 5.28. The Hall–Kier alpha value is -1.24. The van der Waals surface area contributed by atoms with Gasteiger partial charge in [0.05, 0.1) is 5.75 Å². The van der Waals surface area contributed by atoms with E-state index in [0.717, 1.165) is 5.56 Å². The molecule has 8 heteroatoms. The van der Waals surface area contributed by atoms with Crippen LogP contribution in [0.1, 0.15) is 5.56 Å². The van der Waals surface area contributed by atoms with Crippen molar-refractivity contribution in [2.24, 2.45) is 7.05 Å². The number of carbonyl (C=O) groups is 1. The van der Waals surface area contributed by atoms with E-state index in [1.165, 1.54) is 11.8 Å². The van der Waals surface area contributed by atoms with Gasteiger partial charge in [0.2, 0.25) is 5.91 Å². The van der Waals surface area contributed by atoms with E-state index in [1.54, 1.807) is 29.1 Å². The quantitative estimate of drug-likeness (QED) is 0.856. The molecule has 0 aliphatic rings. The van der Waals surface area contributed by atoms with Gasteiger partial charge < -0.3 is 9.88 Å². The van der Waals surface area contributed by atoms with Crippen LogP contribution in [0.25, 0.3) is 0 Å². The largest absolute Gasteiger partial charge is 0.351 e. The standard InChI is InChI=1S/C12H12Cl2N4OS/c1-18-7-16-17-12(18)20-6-11(19)15-5-8-2-3-9(13)4-10(8)14/h2-4,7H,5-6H2,1H3,(H,15,19). The molecule has 0 spiro atoms. The summed E-state index contributed by atoms with van der Waals surface area (Å²) in [6, 6.07) is 5.18. The molecule has 0 radical (unpaired) electrons. The molecular formula is C12H12Cl2N4OS. The number of nitrogens with zero attached hydrogens (tertiary/aromatic N) is 3. The summed E-state index contributed by atoms with van der Waals surface area (Å²) in [5, 5.41) is 12.2. The molecule has 0 saturated heterocycles. The van der Waals surface area contributed by atoms with Crippen LogP contribution < -0.4 is 5.32 Å². The smallest absolute Gasteiger partial charge is 0.230 e. The number of carbonyl (C=O) groups excluding carboxylic acids is 1. The number of rotatable bonds is 5. The third kappa shape index (κ3) is 4.13. The van der Waals surface area contributed by atoms with Crippen molar-refractivity contribution in [1.29, 1.82) is 0 Å². The lowest BCUT2D eigenvalue weighted by molar-refractivity contribution is -0.118. The van der Waals surface area contributed by atoms with Gasteiger partial charge in [0, 0.05) is 23.6 Å². The van der Waals surface area contributed by atoms with E-state index in [9.17, 15) is 4.79 Å². The first-order valence-electron chi connectivity index (χ1n) is 5.73. The van der Waals surface area contributed by atoms with Crippen LogP contribution in [0.5, 0.6) is 0 Å². The van der Waals surface area contributed by atoms with Gasteiger partial charge in [-0.2, -0.15) is 0 Å². The monoisotopic (exact) mass is 330 g/mol.